The first kappa shape index (κ1) is 20.4. The lowest BCUT2D eigenvalue weighted by molar-refractivity contribution is -0.385. The van der Waals surface area contributed by atoms with Gasteiger partial charge in [0.25, 0.3) is 15.7 Å². The Labute approximate surface area is 171 Å². The van der Waals surface area contributed by atoms with Crippen molar-refractivity contribution >= 4 is 38.7 Å². The van der Waals surface area contributed by atoms with Crippen molar-refractivity contribution in [3.8, 4) is 0 Å². The van der Waals surface area contributed by atoms with E-state index >= 15 is 0 Å². The number of sulfonamides is 1. The highest BCUT2D eigenvalue weighted by atomic mass is 35.5. The van der Waals surface area contributed by atoms with Gasteiger partial charge in [-0.25, -0.2) is 8.42 Å². The van der Waals surface area contributed by atoms with Crippen molar-refractivity contribution in [2.75, 3.05) is 4.72 Å². The Balaban J connectivity index is 1.97. The van der Waals surface area contributed by atoms with E-state index in [1.807, 2.05) is 0 Å². The summed E-state index contributed by atoms with van der Waals surface area (Å²) in [6, 6.07) is 13.0. The lowest BCUT2D eigenvalue weighted by Crippen LogP contribution is -2.13. The smallest absolute Gasteiger partial charge is 0.270 e. The van der Waals surface area contributed by atoms with Crippen molar-refractivity contribution in [3.63, 3.8) is 0 Å². The quantitative estimate of drug-likeness (QED) is 0.328. The van der Waals surface area contributed by atoms with Crippen LogP contribution < -0.4 is 4.72 Å². The van der Waals surface area contributed by atoms with E-state index in [9.17, 15) is 18.5 Å². The van der Waals surface area contributed by atoms with E-state index in [0.29, 0.717) is 0 Å². The van der Waals surface area contributed by atoms with Gasteiger partial charge in [0.1, 0.15) is 10.6 Å². The minimum absolute atomic E-state index is 0.0378. The Bertz CT molecular complexity index is 1170. The maximum Gasteiger partial charge on any atom is 0.270 e. The average Bonchev–Trinajstić information content (AvgIpc) is 2.70. The number of hydrogen-bond donors (Lipinski definition) is 1. The number of hydrogen-bond acceptors (Lipinski definition) is 7. The largest absolute Gasteiger partial charge is 0.278 e. The molecule has 0 fully saturated rings. The fourth-order valence-electron chi connectivity index (χ4n) is 2.34. The molecule has 0 aliphatic heterocycles. The maximum absolute atomic E-state index is 12.9. The number of aromatic nitrogens is 1. The number of rotatable bonds is 7. The van der Waals surface area contributed by atoms with Gasteiger partial charge in [-0.15, -0.1) is 0 Å². The SMILES string of the molecule is O=[N+]([O-])c1ccc(N=NCc2ccncc2)c(S(=O)(=O)Nc2ccccc2Cl)c1. The van der Waals surface area contributed by atoms with Gasteiger partial charge in [-0.2, -0.15) is 10.2 Å². The summed E-state index contributed by atoms with van der Waals surface area (Å²) in [4.78, 5) is 13.9. The fourth-order valence-corrected chi connectivity index (χ4v) is 3.82. The highest BCUT2D eigenvalue weighted by molar-refractivity contribution is 7.92. The molecule has 0 aliphatic carbocycles. The van der Waals surface area contributed by atoms with Gasteiger partial charge >= 0.3 is 0 Å². The first-order chi connectivity index (χ1) is 13.9. The van der Waals surface area contributed by atoms with E-state index in [4.69, 9.17) is 11.6 Å². The third-order valence-electron chi connectivity index (χ3n) is 3.74. The first-order valence-electron chi connectivity index (χ1n) is 8.19. The number of nitrogens with zero attached hydrogens (tertiary/aromatic N) is 4. The lowest BCUT2D eigenvalue weighted by atomic mass is 10.3. The monoisotopic (exact) mass is 431 g/mol. The second-order valence-corrected chi connectivity index (χ2v) is 7.81. The molecule has 0 bridgehead atoms. The van der Waals surface area contributed by atoms with Gasteiger partial charge in [-0.05, 0) is 35.9 Å². The molecular formula is C18H14ClN5O4S. The van der Waals surface area contributed by atoms with Crippen LogP contribution in [0.25, 0.3) is 0 Å². The Morgan fingerprint density at radius 2 is 1.83 bits per heavy atom. The molecule has 11 heteroatoms. The number of para-hydroxylation sites is 1. The van der Waals surface area contributed by atoms with Gasteiger partial charge in [0.15, 0.2) is 0 Å². The second kappa shape index (κ2) is 8.76. The first-order valence-corrected chi connectivity index (χ1v) is 10.0. The van der Waals surface area contributed by atoms with Gasteiger partial charge in [0.05, 0.1) is 22.2 Å². The minimum Gasteiger partial charge on any atom is -0.278 e. The zero-order valence-electron chi connectivity index (χ0n) is 14.8. The van der Waals surface area contributed by atoms with Crippen molar-refractivity contribution in [3.05, 3.63) is 87.7 Å². The summed E-state index contributed by atoms with van der Waals surface area (Å²) < 4.78 is 28.1. The molecule has 0 aliphatic rings. The molecule has 0 saturated carbocycles. The van der Waals surface area contributed by atoms with E-state index in [0.717, 1.165) is 17.7 Å². The van der Waals surface area contributed by atoms with Crippen LogP contribution in [0.1, 0.15) is 5.56 Å². The van der Waals surface area contributed by atoms with Crippen LogP contribution in [0.5, 0.6) is 0 Å². The lowest BCUT2D eigenvalue weighted by Gasteiger charge is -2.11. The molecule has 0 amide bonds. The number of nitro benzene ring substituents is 1. The van der Waals surface area contributed by atoms with E-state index in [2.05, 4.69) is 19.9 Å². The molecule has 1 aromatic heterocycles. The van der Waals surface area contributed by atoms with E-state index in [1.54, 1.807) is 36.7 Å². The molecule has 0 atom stereocenters. The second-order valence-electron chi connectivity index (χ2n) is 5.75. The Hall–Kier alpha value is -3.37. The van der Waals surface area contributed by atoms with E-state index < -0.39 is 20.6 Å². The Kier molecular flexibility index (Phi) is 6.15. The zero-order chi connectivity index (χ0) is 20.9. The summed E-state index contributed by atoms with van der Waals surface area (Å²) in [6.07, 6.45) is 3.19. The standard InChI is InChI=1S/C18H14ClN5O4S/c19-15-3-1-2-4-16(15)23-29(27,28)18-11-14(24(25)26)5-6-17(18)22-21-12-13-7-9-20-10-8-13/h1-11,23H,12H2. The molecule has 2 aromatic carbocycles. The molecule has 0 unspecified atom stereocenters. The molecule has 29 heavy (non-hydrogen) atoms. The molecule has 0 saturated heterocycles. The summed E-state index contributed by atoms with van der Waals surface area (Å²) in [5.74, 6) is 0. The normalized spacial score (nSPS) is 11.5. The van der Waals surface area contributed by atoms with Gasteiger partial charge in [-0.1, -0.05) is 23.7 Å². The topological polar surface area (TPSA) is 127 Å². The van der Waals surface area contributed by atoms with Gasteiger partial charge in [-0.3, -0.25) is 19.8 Å². The average molecular weight is 432 g/mol. The van der Waals surface area contributed by atoms with Gasteiger partial charge in [0, 0.05) is 24.5 Å². The molecule has 148 valence electrons. The number of azo groups is 1. The number of halogens is 1. The van der Waals surface area contributed by atoms with Crippen LogP contribution in [0.3, 0.4) is 0 Å². The van der Waals surface area contributed by atoms with Crippen LogP contribution in [0, 0.1) is 10.1 Å². The molecule has 1 heterocycles. The van der Waals surface area contributed by atoms with E-state index in [1.165, 1.54) is 18.2 Å². The van der Waals surface area contributed by atoms with Gasteiger partial charge < -0.3 is 0 Å². The molecule has 1 N–H and O–H groups in total. The minimum atomic E-state index is -4.22. The molecule has 3 aromatic rings. The molecular weight excluding hydrogens is 418 g/mol. The van der Waals surface area contributed by atoms with Crippen molar-refractivity contribution in [2.45, 2.75) is 11.4 Å². The van der Waals surface area contributed by atoms with Crippen molar-refractivity contribution in [1.82, 2.24) is 4.98 Å². The Morgan fingerprint density at radius 3 is 2.52 bits per heavy atom. The van der Waals surface area contributed by atoms with Crippen LogP contribution in [0.4, 0.5) is 17.1 Å². The summed E-state index contributed by atoms with van der Waals surface area (Å²) >= 11 is 6.01. The van der Waals surface area contributed by atoms with E-state index in [-0.39, 0.29) is 27.8 Å². The molecule has 3 rings (SSSR count). The number of nitrogens with one attached hydrogen (secondary N) is 1. The zero-order valence-corrected chi connectivity index (χ0v) is 16.3. The molecule has 9 nitrogen and oxygen atoms in total. The summed E-state index contributed by atoms with van der Waals surface area (Å²) in [7, 11) is -4.22. The number of anilines is 1. The van der Waals surface area contributed by atoms with Crippen LogP contribution in [-0.4, -0.2) is 18.3 Å². The van der Waals surface area contributed by atoms with Crippen LogP contribution in [0.2, 0.25) is 5.02 Å². The number of pyridine rings is 1. The van der Waals surface area contributed by atoms with Gasteiger partial charge in [0.2, 0.25) is 0 Å². The third kappa shape index (κ3) is 5.12. The summed E-state index contributed by atoms with van der Waals surface area (Å²) in [6.45, 7) is 0.191. The molecule has 0 radical (unpaired) electrons. The highest BCUT2D eigenvalue weighted by Crippen LogP contribution is 2.32. The van der Waals surface area contributed by atoms with Crippen LogP contribution in [-0.2, 0) is 16.6 Å². The van der Waals surface area contributed by atoms with Crippen LogP contribution in [0.15, 0.2) is 82.1 Å². The predicted octanol–water partition coefficient (Wildman–Crippen LogP) is 4.73. The maximum atomic E-state index is 12.9. The predicted molar refractivity (Wildman–Crippen MR) is 108 cm³/mol. The van der Waals surface area contributed by atoms with Crippen molar-refractivity contribution in [2.24, 2.45) is 10.2 Å². The van der Waals surface area contributed by atoms with Crippen LogP contribution >= 0.6 is 11.6 Å². The Morgan fingerprint density at radius 1 is 1.10 bits per heavy atom. The number of nitro groups is 1. The van der Waals surface area contributed by atoms with Crippen molar-refractivity contribution < 1.29 is 13.3 Å². The van der Waals surface area contributed by atoms with Crippen molar-refractivity contribution in [1.29, 1.82) is 0 Å². The number of benzene rings is 2. The molecule has 0 spiro atoms. The highest BCUT2D eigenvalue weighted by Gasteiger charge is 2.23. The number of non-ortho nitro benzene ring substituents is 1. The summed E-state index contributed by atoms with van der Waals surface area (Å²) in [5.41, 5.74) is 0.534. The summed E-state index contributed by atoms with van der Waals surface area (Å²) in [5, 5.41) is 19.3. The third-order valence-corrected chi connectivity index (χ3v) is 5.47. The fraction of sp³-hybridized carbons (Fsp3) is 0.0556.